The minimum absolute atomic E-state index is 0.0766. The van der Waals surface area contributed by atoms with Gasteiger partial charge in [0.15, 0.2) is 0 Å². The summed E-state index contributed by atoms with van der Waals surface area (Å²) in [4.78, 5) is 2.84. The van der Waals surface area contributed by atoms with Crippen LogP contribution in [-0.2, 0) is 5.41 Å². The van der Waals surface area contributed by atoms with Gasteiger partial charge in [-0.3, -0.25) is 0 Å². The molecule has 0 bridgehead atoms. The van der Waals surface area contributed by atoms with E-state index in [9.17, 15) is 0 Å². The van der Waals surface area contributed by atoms with Crippen molar-refractivity contribution in [3.05, 3.63) is 66.2 Å². The molecular weight excluding hydrogens is 434 g/mol. The van der Waals surface area contributed by atoms with Crippen molar-refractivity contribution in [1.29, 1.82) is 0 Å². The zero-order chi connectivity index (χ0) is 26.3. The van der Waals surface area contributed by atoms with Crippen molar-refractivity contribution in [2.24, 2.45) is 0 Å². The molecule has 36 heavy (non-hydrogen) atoms. The first kappa shape index (κ1) is 28.3. The Labute approximate surface area is 222 Å². The van der Waals surface area contributed by atoms with Crippen LogP contribution in [0.3, 0.4) is 0 Å². The normalized spacial score (nSPS) is 13.2. The average molecular weight is 486 g/mol. The summed E-state index contributed by atoms with van der Waals surface area (Å²) in [7, 11) is 0. The molecule has 1 atom stereocenters. The molecule has 196 valence electrons. The Hall–Kier alpha value is -2.28. The standard InChI is InChI=1S/C35H51N/c1-9-12-14-21-29(20-13-10-2)36(35(7,8)11-3)33-25-24-28(34(4,5)6)26-32(33)31-23-17-19-27-18-15-16-22-30(27)31/h15-19,22-26,29H,9-14,20-21H2,1-8H3. The summed E-state index contributed by atoms with van der Waals surface area (Å²) >= 11 is 0. The van der Waals surface area contributed by atoms with Gasteiger partial charge in [0.05, 0.1) is 0 Å². The van der Waals surface area contributed by atoms with Gasteiger partial charge >= 0.3 is 0 Å². The number of rotatable bonds is 12. The lowest BCUT2D eigenvalue weighted by molar-refractivity contribution is 0.359. The fourth-order valence-electron chi connectivity index (χ4n) is 5.55. The second-order valence-electron chi connectivity index (χ2n) is 12.3. The molecule has 3 aromatic rings. The van der Waals surface area contributed by atoms with Crippen LogP contribution in [0, 0.1) is 0 Å². The maximum atomic E-state index is 2.84. The summed E-state index contributed by atoms with van der Waals surface area (Å²) in [6.45, 7) is 18.9. The van der Waals surface area contributed by atoms with E-state index in [0.29, 0.717) is 6.04 Å². The predicted octanol–water partition coefficient (Wildman–Crippen LogP) is 10.9. The topological polar surface area (TPSA) is 3.24 Å². The molecule has 1 nitrogen and oxygen atoms in total. The summed E-state index contributed by atoms with van der Waals surface area (Å²) in [5.41, 5.74) is 5.73. The highest BCUT2D eigenvalue weighted by atomic mass is 15.2. The molecule has 0 aliphatic carbocycles. The van der Waals surface area contributed by atoms with Crippen molar-refractivity contribution < 1.29 is 0 Å². The largest absolute Gasteiger partial charge is 0.363 e. The van der Waals surface area contributed by atoms with E-state index in [1.807, 2.05) is 0 Å². The molecule has 0 spiro atoms. The van der Waals surface area contributed by atoms with Gasteiger partial charge in [-0.25, -0.2) is 0 Å². The van der Waals surface area contributed by atoms with Gasteiger partial charge in [-0.1, -0.05) is 122 Å². The zero-order valence-electron chi connectivity index (χ0n) is 24.5. The number of unbranched alkanes of at least 4 members (excludes halogenated alkanes) is 3. The smallest absolute Gasteiger partial charge is 0.0453 e. The number of hydrogen-bond acceptors (Lipinski definition) is 1. The van der Waals surface area contributed by atoms with Gasteiger partial charge in [0.25, 0.3) is 0 Å². The highest BCUT2D eigenvalue weighted by Crippen LogP contribution is 2.43. The monoisotopic (exact) mass is 485 g/mol. The Morgan fingerprint density at radius 3 is 2.03 bits per heavy atom. The Balaban J connectivity index is 2.29. The lowest BCUT2D eigenvalue weighted by Gasteiger charge is -2.47. The average Bonchev–Trinajstić information content (AvgIpc) is 2.86. The van der Waals surface area contributed by atoms with Gasteiger partial charge in [-0.05, 0) is 72.6 Å². The molecule has 0 saturated heterocycles. The third-order valence-corrected chi connectivity index (χ3v) is 8.12. The quantitative estimate of drug-likeness (QED) is 0.231. The molecule has 1 heteroatoms. The van der Waals surface area contributed by atoms with Crippen LogP contribution < -0.4 is 4.90 Å². The van der Waals surface area contributed by atoms with Gasteiger partial charge in [-0.15, -0.1) is 0 Å². The SMILES string of the molecule is CCCCCC(CCCC)N(c1ccc(C(C)(C)C)cc1-c1cccc2ccccc12)C(C)(C)CC. The maximum absolute atomic E-state index is 2.84. The molecule has 0 aromatic heterocycles. The molecule has 0 heterocycles. The van der Waals surface area contributed by atoms with Crippen LogP contribution in [-0.4, -0.2) is 11.6 Å². The molecule has 1 unspecified atom stereocenters. The maximum Gasteiger partial charge on any atom is 0.0453 e. The molecule has 0 amide bonds. The molecule has 0 saturated carbocycles. The second kappa shape index (κ2) is 12.3. The summed E-state index contributed by atoms with van der Waals surface area (Å²) in [5, 5.41) is 2.66. The fraction of sp³-hybridized carbons (Fsp3) is 0.543. The Bertz CT molecular complexity index is 1100. The summed E-state index contributed by atoms with van der Waals surface area (Å²) in [5.74, 6) is 0. The van der Waals surface area contributed by atoms with E-state index in [4.69, 9.17) is 0 Å². The highest BCUT2D eigenvalue weighted by molar-refractivity contribution is 6.00. The van der Waals surface area contributed by atoms with E-state index >= 15 is 0 Å². The molecule has 0 aliphatic rings. The van der Waals surface area contributed by atoms with Crippen LogP contribution in [0.1, 0.15) is 112 Å². The van der Waals surface area contributed by atoms with E-state index in [1.165, 1.54) is 78.1 Å². The number of benzene rings is 3. The summed E-state index contributed by atoms with van der Waals surface area (Å²) in [6, 6.07) is 23.6. The van der Waals surface area contributed by atoms with E-state index in [2.05, 4.69) is 121 Å². The number of nitrogens with zero attached hydrogens (tertiary/aromatic N) is 1. The van der Waals surface area contributed by atoms with Crippen LogP contribution >= 0.6 is 0 Å². The first-order chi connectivity index (χ1) is 17.1. The molecular formula is C35H51N. The van der Waals surface area contributed by atoms with Crippen molar-refractivity contribution in [2.45, 2.75) is 124 Å². The van der Waals surface area contributed by atoms with Gasteiger partial charge in [0, 0.05) is 22.8 Å². The third-order valence-electron chi connectivity index (χ3n) is 8.12. The van der Waals surface area contributed by atoms with Crippen molar-refractivity contribution in [1.82, 2.24) is 0 Å². The molecule has 3 rings (SSSR count). The number of hydrogen-bond donors (Lipinski definition) is 0. The van der Waals surface area contributed by atoms with Crippen LogP contribution in [0.25, 0.3) is 21.9 Å². The Kier molecular flexibility index (Phi) is 9.67. The van der Waals surface area contributed by atoms with E-state index in [1.54, 1.807) is 0 Å². The van der Waals surface area contributed by atoms with Gasteiger partial charge in [0.1, 0.15) is 0 Å². The van der Waals surface area contributed by atoms with E-state index in [-0.39, 0.29) is 11.0 Å². The lowest BCUT2D eigenvalue weighted by atomic mass is 9.83. The first-order valence-electron chi connectivity index (χ1n) is 14.6. The predicted molar refractivity (Wildman–Crippen MR) is 162 cm³/mol. The van der Waals surface area contributed by atoms with Crippen molar-refractivity contribution >= 4 is 16.5 Å². The van der Waals surface area contributed by atoms with E-state index in [0.717, 1.165) is 6.42 Å². The van der Waals surface area contributed by atoms with Gasteiger partial charge in [0.2, 0.25) is 0 Å². The highest BCUT2D eigenvalue weighted by Gasteiger charge is 2.33. The third kappa shape index (κ3) is 6.53. The Morgan fingerprint density at radius 2 is 1.36 bits per heavy atom. The van der Waals surface area contributed by atoms with Crippen LogP contribution in [0.15, 0.2) is 60.7 Å². The van der Waals surface area contributed by atoms with Crippen molar-refractivity contribution in [3.63, 3.8) is 0 Å². The lowest BCUT2D eigenvalue weighted by Crippen LogP contribution is -2.50. The number of fused-ring (bicyclic) bond motifs is 1. The van der Waals surface area contributed by atoms with Crippen LogP contribution in [0.2, 0.25) is 0 Å². The van der Waals surface area contributed by atoms with Gasteiger partial charge < -0.3 is 4.90 Å². The van der Waals surface area contributed by atoms with Crippen LogP contribution in [0.4, 0.5) is 5.69 Å². The summed E-state index contributed by atoms with van der Waals surface area (Å²) in [6.07, 6.45) is 10.1. The van der Waals surface area contributed by atoms with Crippen LogP contribution in [0.5, 0.6) is 0 Å². The fourth-order valence-corrected chi connectivity index (χ4v) is 5.55. The number of anilines is 1. The van der Waals surface area contributed by atoms with E-state index < -0.39 is 0 Å². The Morgan fingerprint density at radius 1 is 0.694 bits per heavy atom. The second-order valence-corrected chi connectivity index (χ2v) is 12.3. The molecule has 0 fully saturated rings. The molecule has 0 radical (unpaired) electrons. The minimum atomic E-state index is 0.0766. The minimum Gasteiger partial charge on any atom is -0.363 e. The zero-order valence-corrected chi connectivity index (χ0v) is 24.5. The molecule has 3 aromatic carbocycles. The first-order valence-corrected chi connectivity index (χ1v) is 14.6. The molecule has 0 aliphatic heterocycles. The van der Waals surface area contributed by atoms with Crippen molar-refractivity contribution in [2.75, 3.05) is 4.90 Å². The van der Waals surface area contributed by atoms with Crippen molar-refractivity contribution in [3.8, 4) is 11.1 Å². The molecule has 0 N–H and O–H groups in total. The van der Waals surface area contributed by atoms with Gasteiger partial charge in [-0.2, -0.15) is 0 Å². The summed E-state index contributed by atoms with van der Waals surface area (Å²) < 4.78 is 0.